The van der Waals surface area contributed by atoms with E-state index in [1.54, 1.807) is 48.5 Å². The number of barbiturate groups is 1. The van der Waals surface area contributed by atoms with E-state index < -0.39 is 17.8 Å². The van der Waals surface area contributed by atoms with Crippen molar-refractivity contribution in [3.63, 3.8) is 0 Å². The lowest BCUT2D eigenvalue weighted by Crippen LogP contribution is -2.54. The van der Waals surface area contributed by atoms with Gasteiger partial charge in [0.15, 0.2) is 11.5 Å². The third kappa shape index (κ3) is 6.05. The number of methoxy groups -OCH3 is 1. The summed E-state index contributed by atoms with van der Waals surface area (Å²) in [6, 6.07) is 16.3. The SMILES string of the molecule is CCOc1cc(/C=C2\C(=O)NC(=O)N(c3ccc(OC)cc3)C2=O)cc(I)c1OCc1ccc(Cl)cc1. The molecule has 0 aliphatic carbocycles. The Labute approximate surface area is 232 Å². The highest BCUT2D eigenvalue weighted by molar-refractivity contribution is 14.1. The molecule has 1 aliphatic heterocycles. The molecule has 0 radical (unpaired) electrons. The molecule has 3 aromatic rings. The van der Waals surface area contributed by atoms with Crippen LogP contribution in [0, 0.1) is 3.57 Å². The molecule has 0 unspecified atom stereocenters. The van der Waals surface area contributed by atoms with Crippen LogP contribution in [0.3, 0.4) is 0 Å². The average Bonchev–Trinajstić information content (AvgIpc) is 2.87. The maximum atomic E-state index is 13.2. The number of imide groups is 2. The molecule has 1 heterocycles. The maximum Gasteiger partial charge on any atom is 0.335 e. The van der Waals surface area contributed by atoms with Gasteiger partial charge in [-0.2, -0.15) is 0 Å². The van der Waals surface area contributed by atoms with E-state index in [2.05, 4.69) is 27.9 Å². The second-order valence-corrected chi connectivity index (χ2v) is 9.43. The van der Waals surface area contributed by atoms with Crippen molar-refractivity contribution in [1.29, 1.82) is 0 Å². The van der Waals surface area contributed by atoms with Crippen molar-refractivity contribution >= 4 is 63.8 Å². The fourth-order valence-electron chi connectivity index (χ4n) is 3.60. The van der Waals surface area contributed by atoms with Gasteiger partial charge in [0.05, 0.1) is 23.0 Å². The van der Waals surface area contributed by atoms with E-state index in [1.807, 2.05) is 19.1 Å². The zero-order valence-corrected chi connectivity index (χ0v) is 22.8. The molecule has 1 aliphatic rings. The molecule has 0 saturated carbocycles. The molecule has 10 heteroatoms. The molecule has 3 aromatic carbocycles. The van der Waals surface area contributed by atoms with E-state index in [-0.39, 0.29) is 5.57 Å². The van der Waals surface area contributed by atoms with E-state index in [4.69, 9.17) is 25.8 Å². The quantitative estimate of drug-likeness (QED) is 0.198. The van der Waals surface area contributed by atoms with Gasteiger partial charge in [0, 0.05) is 5.02 Å². The second kappa shape index (κ2) is 11.7. The number of carbonyl (C=O) groups is 3. The minimum atomic E-state index is -0.826. The molecule has 1 saturated heterocycles. The van der Waals surface area contributed by atoms with E-state index >= 15 is 0 Å². The monoisotopic (exact) mass is 632 g/mol. The van der Waals surface area contributed by atoms with Crippen molar-refractivity contribution < 1.29 is 28.6 Å². The third-order valence-electron chi connectivity index (χ3n) is 5.37. The first kappa shape index (κ1) is 26.5. The molecule has 0 bridgehead atoms. The average molecular weight is 633 g/mol. The first-order valence-electron chi connectivity index (χ1n) is 11.2. The standard InChI is InChI=1S/C27H22ClIN2O6/c1-3-36-23-14-17(13-22(29)24(23)37-15-16-4-6-18(28)7-5-16)12-21-25(32)30-27(34)31(26(21)33)19-8-10-20(35-2)11-9-19/h4-14H,3,15H2,1-2H3,(H,30,32,34)/b21-12+. The molecule has 8 nitrogen and oxygen atoms in total. The molecular weight excluding hydrogens is 611 g/mol. The number of nitrogens with one attached hydrogen (secondary N) is 1. The summed E-state index contributed by atoms with van der Waals surface area (Å²) in [6.45, 7) is 2.53. The van der Waals surface area contributed by atoms with Crippen molar-refractivity contribution in [3.05, 3.63) is 86.0 Å². The van der Waals surface area contributed by atoms with Crippen LogP contribution in [0.5, 0.6) is 17.2 Å². The number of amides is 4. The van der Waals surface area contributed by atoms with Gasteiger partial charge >= 0.3 is 6.03 Å². The highest BCUT2D eigenvalue weighted by Crippen LogP contribution is 2.36. The molecule has 1 N–H and O–H groups in total. The Kier molecular flexibility index (Phi) is 8.34. The van der Waals surface area contributed by atoms with Crippen LogP contribution in [0.25, 0.3) is 6.08 Å². The predicted molar refractivity (Wildman–Crippen MR) is 148 cm³/mol. The van der Waals surface area contributed by atoms with E-state index in [1.165, 1.54) is 13.2 Å². The van der Waals surface area contributed by atoms with Crippen molar-refractivity contribution in [2.75, 3.05) is 18.6 Å². The number of rotatable bonds is 8. The lowest BCUT2D eigenvalue weighted by molar-refractivity contribution is -0.122. The van der Waals surface area contributed by atoms with E-state index in [0.717, 1.165) is 14.0 Å². The molecule has 4 amide bonds. The summed E-state index contributed by atoms with van der Waals surface area (Å²) in [6.07, 6.45) is 1.42. The Bertz CT molecular complexity index is 1370. The summed E-state index contributed by atoms with van der Waals surface area (Å²) in [7, 11) is 1.51. The van der Waals surface area contributed by atoms with Crippen LogP contribution in [0.1, 0.15) is 18.1 Å². The number of hydrogen-bond donors (Lipinski definition) is 1. The van der Waals surface area contributed by atoms with Crippen LogP contribution in [-0.2, 0) is 16.2 Å². The van der Waals surface area contributed by atoms with Gasteiger partial charge in [0.25, 0.3) is 11.8 Å². The zero-order chi connectivity index (χ0) is 26.5. The number of carbonyl (C=O) groups excluding carboxylic acids is 3. The Morgan fingerprint density at radius 2 is 1.70 bits per heavy atom. The number of hydrogen-bond acceptors (Lipinski definition) is 6. The number of urea groups is 1. The summed E-state index contributed by atoms with van der Waals surface area (Å²) in [5, 5.41) is 2.86. The molecule has 37 heavy (non-hydrogen) atoms. The van der Waals surface area contributed by atoms with E-state index in [0.29, 0.717) is 46.7 Å². The second-order valence-electron chi connectivity index (χ2n) is 7.83. The van der Waals surface area contributed by atoms with Crippen molar-refractivity contribution in [3.8, 4) is 17.2 Å². The van der Waals surface area contributed by atoms with Crippen LogP contribution in [-0.4, -0.2) is 31.6 Å². The smallest absolute Gasteiger partial charge is 0.335 e. The first-order chi connectivity index (χ1) is 17.8. The first-order valence-corrected chi connectivity index (χ1v) is 12.7. The lowest BCUT2D eigenvalue weighted by Gasteiger charge is -2.26. The van der Waals surface area contributed by atoms with Gasteiger partial charge in [0.2, 0.25) is 0 Å². The molecule has 0 spiro atoms. The molecular formula is C27H22ClIN2O6. The molecule has 0 aromatic heterocycles. The number of benzene rings is 3. The lowest BCUT2D eigenvalue weighted by atomic mass is 10.1. The Balaban J connectivity index is 1.64. The summed E-state index contributed by atoms with van der Waals surface area (Å²) >= 11 is 8.07. The van der Waals surface area contributed by atoms with Crippen molar-refractivity contribution in [1.82, 2.24) is 5.32 Å². The zero-order valence-electron chi connectivity index (χ0n) is 19.9. The normalized spacial score (nSPS) is 14.5. The van der Waals surface area contributed by atoms with Crippen LogP contribution >= 0.6 is 34.2 Å². The van der Waals surface area contributed by atoms with Gasteiger partial charge in [-0.3, -0.25) is 14.9 Å². The van der Waals surface area contributed by atoms with Crippen molar-refractivity contribution in [2.45, 2.75) is 13.5 Å². The highest BCUT2D eigenvalue weighted by Gasteiger charge is 2.37. The third-order valence-corrected chi connectivity index (χ3v) is 6.42. The van der Waals surface area contributed by atoms with Gasteiger partial charge in [0.1, 0.15) is 17.9 Å². The van der Waals surface area contributed by atoms with Gasteiger partial charge in [-0.25, -0.2) is 9.69 Å². The van der Waals surface area contributed by atoms with E-state index in [9.17, 15) is 14.4 Å². The summed E-state index contributed by atoms with van der Waals surface area (Å²) in [5.41, 5.74) is 1.58. The van der Waals surface area contributed by atoms with Gasteiger partial charge in [-0.1, -0.05) is 23.7 Å². The fourth-order valence-corrected chi connectivity index (χ4v) is 4.51. The number of anilines is 1. The minimum absolute atomic E-state index is 0.191. The van der Waals surface area contributed by atoms with Crippen LogP contribution in [0.15, 0.2) is 66.2 Å². The van der Waals surface area contributed by atoms with Gasteiger partial charge in [-0.05, 0) is 95.2 Å². The minimum Gasteiger partial charge on any atom is -0.497 e. The van der Waals surface area contributed by atoms with Crippen molar-refractivity contribution in [2.24, 2.45) is 0 Å². The topological polar surface area (TPSA) is 94.2 Å². The summed E-state index contributed by atoms with van der Waals surface area (Å²) in [4.78, 5) is 39.2. The van der Waals surface area contributed by atoms with Crippen LogP contribution in [0.2, 0.25) is 5.02 Å². The van der Waals surface area contributed by atoms with Gasteiger partial charge < -0.3 is 14.2 Å². The Hall–Kier alpha value is -3.57. The number of nitrogens with zero attached hydrogens (tertiary/aromatic N) is 1. The fraction of sp³-hybridized carbons (Fsp3) is 0.148. The predicted octanol–water partition coefficient (Wildman–Crippen LogP) is 5.60. The van der Waals surface area contributed by atoms with Gasteiger partial charge in [-0.15, -0.1) is 0 Å². The molecule has 0 atom stereocenters. The van der Waals surface area contributed by atoms with Crippen LogP contribution in [0.4, 0.5) is 10.5 Å². The largest absolute Gasteiger partial charge is 0.497 e. The van der Waals surface area contributed by atoms with Crippen LogP contribution < -0.4 is 24.4 Å². The molecule has 190 valence electrons. The summed E-state index contributed by atoms with van der Waals surface area (Å²) in [5.74, 6) is 0.0404. The number of halogens is 2. The Morgan fingerprint density at radius 3 is 2.35 bits per heavy atom. The highest BCUT2D eigenvalue weighted by atomic mass is 127. The number of ether oxygens (including phenoxy) is 3. The molecule has 4 rings (SSSR count). The maximum absolute atomic E-state index is 13.2. The summed E-state index contributed by atoms with van der Waals surface area (Å²) < 4.78 is 17.7. The Morgan fingerprint density at radius 1 is 1.00 bits per heavy atom. The molecule has 1 fully saturated rings.